The first-order valence-electron chi connectivity index (χ1n) is 10.00. The van der Waals surface area contributed by atoms with Crippen LogP contribution in [-0.2, 0) is 23.7 Å². The lowest BCUT2D eigenvalue weighted by Crippen LogP contribution is -2.07. The van der Waals surface area contributed by atoms with Gasteiger partial charge in [-0.2, -0.15) is 4.98 Å². The molecule has 0 radical (unpaired) electrons. The van der Waals surface area contributed by atoms with E-state index in [4.69, 9.17) is 18.5 Å². The quantitative estimate of drug-likeness (QED) is 0.246. The number of halogens is 1. The van der Waals surface area contributed by atoms with Crippen molar-refractivity contribution >= 4 is 17.7 Å². The fourth-order valence-electron chi connectivity index (χ4n) is 2.91. The molecule has 0 unspecified atom stereocenters. The van der Waals surface area contributed by atoms with E-state index in [0.717, 1.165) is 21.9 Å². The molecule has 2 aromatic carbocycles. The molecule has 10 heteroatoms. The minimum atomic E-state index is -0.501. The van der Waals surface area contributed by atoms with Crippen molar-refractivity contribution in [3.63, 3.8) is 0 Å². The van der Waals surface area contributed by atoms with Gasteiger partial charge in [-0.05, 0) is 50.2 Å². The molecule has 0 bridgehead atoms. The normalized spacial score (nSPS) is 10.9. The van der Waals surface area contributed by atoms with Gasteiger partial charge in [0, 0.05) is 16.2 Å². The highest BCUT2D eigenvalue weighted by Gasteiger charge is 2.17. The zero-order valence-corrected chi connectivity index (χ0v) is 18.7. The fourth-order valence-corrected chi connectivity index (χ4v) is 4.10. The maximum atomic E-state index is 12.9. The molecule has 2 aromatic heterocycles. The molecule has 0 spiro atoms. The Hall–Kier alpha value is -3.66. The van der Waals surface area contributed by atoms with Gasteiger partial charge in [-0.3, -0.25) is 0 Å². The summed E-state index contributed by atoms with van der Waals surface area (Å²) in [6.45, 7) is 3.60. The van der Waals surface area contributed by atoms with E-state index in [0.29, 0.717) is 17.1 Å². The molecule has 0 fully saturated rings. The smallest absolute Gasteiger partial charge is 0.339 e. The third-order valence-electron chi connectivity index (χ3n) is 4.68. The second kappa shape index (κ2) is 10.3. The number of aromatic nitrogens is 3. The monoisotopic (exact) mass is 469 g/mol. The maximum absolute atomic E-state index is 12.9. The van der Waals surface area contributed by atoms with E-state index in [-0.39, 0.29) is 30.7 Å². The zero-order chi connectivity index (χ0) is 23.2. The Bertz CT molecular complexity index is 1220. The summed E-state index contributed by atoms with van der Waals surface area (Å²) in [7, 11) is 0. The van der Waals surface area contributed by atoms with E-state index >= 15 is 0 Å². The van der Waals surface area contributed by atoms with Crippen LogP contribution in [0.1, 0.15) is 39.1 Å². The van der Waals surface area contributed by atoms with Crippen LogP contribution in [0.5, 0.6) is 5.75 Å². The summed E-state index contributed by atoms with van der Waals surface area (Å²) in [6, 6.07) is 12.8. The number of hydrogen-bond acceptors (Lipinski definition) is 9. The molecule has 2 heterocycles. The number of carbonyl (C=O) groups is 1. The van der Waals surface area contributed by atoms with Crippen LogP contribution in [0, 0.1) is 19.7 Å². The van der Waals surface area contributed by atoms with E-state index in [9.17, 15) is 9.18 Å². The Morgan fingerprint density at radius 2 is 1.82 bits per heavy atom. The number of aryl methyl sites for hydroxylation is 2. The molecule has 8 nitrogen and oxygen atoms in total. The molecule has 0 atom stereocenters. The van der Waals surface area contributed by atoms with Gasteiger partial charge in [0.25, 0.3) is 5.89 Å². The van der Waals surface area contributed by atoms with E-state index in [2.05, 4.69) is 15.3 Å². The van der Waals surface area contributed by atoms with Crippen molar-refractivity contribution in [1.29, 1.82) is 0 Å². The molecular formula is C23H20FN3O5S. The van der Waals surface area contributed by atoms with E-state index in [1.54, 1.807) is 12.1 Å². The third kappa shape index (κ3) is 5.78. The van der Waals surface area contributed by atoms with E-state index in [1.165, 1.54) is 36.0 Å². The van der Waals surface area contributed by atoms with E-state index in [1.807, 2.05) is 26.0 Å². The first-order valence-corrected chi connectivity index (χ1v) is 11.0. The van der Waals surface area contributed by atoms with Crippen molar-refractivity contribution in [2.75, 3.05) is 0 Å². The van der Waals surface area contributed by atoms with Crippen LogP contribution in [0.15, 0.2) is 62.5 Å². The van der Waals surface area contributed by atoms with Gasteiger partial charge >= 0.3 is 5.97 Å². The first kappa shape index (κ1) is 22.5. The van der Waals surface area contributed by atoms with Crippen molar-refractivity contribution < 1.29 is 27.7 Å². The number of benzene rings is 2. The standard InChI is InChI=1S/C23H20FN3O5S/c1-14-19(15(2)31-26-14)13-33-20-6-4-3-5-18(20)23(28)30-12-22-25-21(27-32-22)11-29-17-9-7-16(24)8-10-17/h3-10H,11-13H2,1-2H3. The summed E-state index contributed by atoms with van der Waals surface area (Å²) in [5, 5.41) is 7.75. The van der Waals surface area contributed by atoms with Crippen molar-refractivity contribution in [2.24, 2.45) is 0 Å². The zero-order valence-electron chi connectivity index (χ0n) is 17.9. The van der Waals surface area contributed by atoms with Gasteiger partial charge in [-0.25, -0.2) is 9.18 Å². The minimum absolute atomic E-state index is 0.0320. The number of rotatable bonds is 9. The summed E-state index contributed by atoms with van der Waals surface area (Å²) < 4.78 is 34.1. The molecule has 0 amide bonds. The predicted molar refractivity (Wildman–Crippen MR) is 116 cm³/mol. The first-order chi connectivity index (χ1) is 16.0. The highest BCUT2D eigenvalue weighted by atomic mass is 32.2. The van der Waals surface area contributed by atoms with Crippen molar-refractivity contribution in [2.45, 2.75) is 37.7 Å². The molecule has 0 saturated carbocycles. The molecule has 170 valence electrons. The van der Waals surface area contributed by atoms with Gasteiger partial charge in [0.15, 0.2) is 13.2 Å². The molecule has 0 N–H and O–H groups in total. The van der Waals surface area contributed by atoms with Gasteiger partial charge in [0.05, 0.1) is 11.3 Å². The third-order valence-corrected chi connectivity index (χ3v) is 5.78. The second-order valence-corrected chi connectivity index (χ2v) is 8.03. The Morgan fingerprint density at radius 1 is 1.03 bits per heavy atom. The number of nitrogens with zero attached hydrogens (tertiary/aromatic N) is 3. The summed E-state index contributed by atoms with van der Waals surface area (Å²) >= 11 is 1.50. The van der Waals surface area contributed by atoms with Crippen molar-refractivity contribution in [1.82, 2.24) is 15.3 Å². The van der Waals surface area contributed by atoms with Gasteiger partial charge < -0.3 is 18.5 Å². The van der Waals surface area contributed by atoms with Crippen LogP contribution < -0.4 is 4.74 Å². The Labute approximate surface area is 193 Å². The Balaban J connectivity index is 1.32. The second-order valence-electron chi connectivity index (χ2n) is 7.01. The van der Waals surface area contributed by atoms with Gasteiger partial charge in [0.2, 0.25) is 5.82 Å². The van der Waals surface area contributed by atoms with Crippen LogP contribution in [0.3, 0.4) is 0 Å². The largest absolute Gasteiger partial charge is 0.485 e. The van der Waals surface area contributed by atoms with Gasteiger partial charge in [-0.1, -0.05) is 22.4 Å². The summed E-state index contributed by atoms with van der Waals surface area (Å²) in [5.74, 6) is 1.42. The molecular weight excluding hydrogens is 449 g/mol. The van der Waals surface area contributed by atoms with Crippen LogP contribution >= 0.6 is 11.8 Å². The van der Waals surface area contributed by atoms with Crippen LogP contribution in [0.25, 0.3) is 0 Å². The number of carbonyl (C=O) groups excluding carboxylic acids is 1. The van der Waals surface area contributed by atoms with Crippen molar-refractivity contribution in [3.05, 3.63) is 88.6 Å². The molecule has 4 aromatic rings. The lowest BCUT2D eigenvalue weighted by atomic mass is 10.2. The number of thioether (sulfide) groups is 1. The Kier molecular flexibility index (Phi) is 7.04. The maximum Gasteiger partial charge on any atom is 0.339 e. The summed E-state index contributed by atoms with van der Waals surface area (Å²) in [5.41, 5.74) is 2.27. The predicted octanol–water partition coefficient (Wildman–Crippen LogP) is 5.04. The highest BCUT2D eigenvalue weighted by molar-refractivity contribution is 7.98. The molecule has 4 rings (SSSR count). The molecule has 0 aliphatic heterocycles. The average Bonchev–Trinajstić information content (AvgIpc) is 3.41. The Morgan fingerprint density at radius 3 is 2.58 bits per heavy atom. The molecule has 33 heavy (non-hydrogen) atoms. The number of ether oxygens (including phenoxy) is 2. The van der Waals surface area contributed by atoms with Crippen LogP contribution in [0.2, 0.25) is 0 Å². The highest BCUT2D eigenvalue weighted by Crippen LogP contribution is 2.29. The topological polar surface area (TPSA) is 100 Å². The van der Waals surface area contributed by atoms with Crippen LogP contribution in [-0.4, -0.2) is 21.3 Å². The van der Waals surface area contributed by atoms with Gasteiger partial charge in [0.1, 0.15) is 17.3 Å². The number of hydrogen-bond donors (Lipinski definition) is 0. The van der Waals surface area contributed by atoms with Crippen LogP contribution in [0.4, 0.5) is 4.39 Å². The summed E-state index contributed by atoms with van der Waals surface area (Å²) in [4.78, 5) is 17.6. The fraction of sp³-hybridized carbons (Fsp3) is 0.217. The van der Waals surface area contributed by atoms with Gasteiger partial charge in [-0.15, -0.1) is 11.8 Å². The molecule has 0 aliphatic carbocycles. The molecule has 0 saturated heterocycles. The van der Waals surface area contributed by atoms with E-state index < -0.39 is 5.97 Å². The lowest BCUT2D eigenvalue weighted by Gasteiger charge is -2.08. The average molecular weight is 469 g/mol. The van der Waals surface area contributed by atoms with Crippen molar-refractivity contribution in [3.8, 4) is 5.75 Å². The number of esters is 1. The lowest BCUT2D eigenvalue weighted by molar-refractivity contribution is 0.0425. The molecule has 0 aliphatic rings. The summed E-state index contributed by atoms with van der Waals surface area (Å²) in [6.07, 6.45) is 0. The SMILES string of the molecule is Cc1noc(C)c1CSc1ccccc1C(=O)OCc1nc(COc2ccc(F)cc2)no1. The minimum Gasteiger partial charge on any atom is -0.485 e.